The van der Waals surface area contributed by atoms with Crippen molar-refractivity contribution in [2.75, 3.05) is 24.6 Å². The maximum Gasteiger partial charge on any atom is 0.150 e. The monoisotopic (exact) mass is 297 g/mol. The highest BCUT2D eigenvalue weighted by Crippen LogP contribution is 2.20. The number of hydrogen-bond donors (Lipinski definition) is 1. The molecule has 0 spiro atoms. The van der Waals surface area contributed by atoms with Gasteiger partial charge >= 0.3 is 0 Å². The van der Waals surface area contributed by atoms with Crippen LogP contribution in [-0.2, 0) is 9.84 Å². The molecule has 0 saturated heterocycles. The summed E-state index contributed by atoms with van der Waals surface area (Å²) in [6, 6.07) is 10.4. The summed E-state index contributed by atoms with van der Waals surface area (Å²) in [4.78, 5) is 0. The lowest BCUT2D eigenvalue weighted by Gasteiger charge is -2.18. The normalized spacial score (nSPS) is 13.3. The standard InChI is InChI=1S/C16H27NO2S/c1-3-12-17-14-16(15-9-6-5-7-10-15)11-8-13-20(18,19)4-2/h5-7,9-10,16-17H,3-4,8,11-14H2,1-2H3. The van der Waals surface area contributed by atoms with Crippen molar-refractivity contribution in [3.8, 4) is 0 Å². The van der Waals surface area contributed by atoms with E-state index < -0.39 is 9.84 Å². The van der Waals surface area contributed by atoms with Crippen LogP contribution in [0.5, 0.6) is 0 Å². The lowest BCUT2D eigenvalue weighted by atomic mass is 9.94. The van der Waals surface area contributed by atoms with Crippen molar-refractivity contribution < 1.29 is 8.42 Å². The molecule has 1 aromatic rings. The summed E-state index contributed by atoms with van der Waals surface area (Å²) in [5.74, 6) is 0.951. The minimum absolute atomic E-state index is 0.247. The Balaban J connectivity index is 2.55. The predicted octanol–water partition coefficient (Wildman–Crippen LogP) is 2.98. The first-order valence-electron chi connectivity index (χ1n) is 7.55. The Bertz CT molecular complexity index is 457. The van der Waals surface area contributed by atoms with Crippen molar-refractivity contribution in [3.05, 3.63) is 35.9 Å². The molecule has 0 bridgehead atoms. The molecule has 0 aliphatic rings. The van der Waals surface area contributed by atoms with Crippen LogP contribution >= 0.6 is 0 Å². The molecule has 0 saturated carbocycles. The highest BCUT2D eigenvalue weighted by Gasteiger charge is 2.13. The predicted molar refractivity (Wildman–Crippen MR) is 85.9 cm³/mol. The van der Waals surface area contributed by atoms with Gasteiger partial charge in [-0.1, -0.05) is 44.2 Å². The van der Waals surface area contributed by atoms with Gasteiger partial charge in [-0.25, -0.2) is 8.42 Å². The quantitative estimate of drug-likeness (QED) is 0.675. The summed E-state index contributed by atoms with van der Waals surface area (Å²) < 4.78 is 23.1. The molecule has 1 N–H and O–H groups in total. The largest absolute Gasteiger partial charge is 0.316 e. The van der Waals surface area contributed by atoms with Gasteiger partial charge in [-0.15, -0.1) is 0 Å². The van der Waals surface area contributed by atoms with Gasteiger partial charge < -0.3 is 5.32 Å². The number of hydrogen-bond acceptors (Lipinski definition) is 3. The summed E-state index contributed by atoms with van der Waals surface area (Å²) in [6.07, 6.45) is 2.77. The van der Waals surface area contributed by atoms with Crippen molar-refractivity contribution in [2.45, 2.75) is 39.0 Å². The van der Waals surface area contributed by atoms with Crippen LogP contribution in [0.25, 0.3) is 0 Å². The fourth-order valence-electron chi connectivity index (χ4n) is 2.26. The second-order valence-corrected chi connectivity index (χ2v) is 7.66. The molecule has 0 amide bonds. The van der Waals surface area contributed by atoms with E-state index in [1.54, 1.807) is 6.92 Å². The molecule has 0 heterocycles. The third-order valence-electron chi connectivity index (χ3n) is 3.54. The zero-order chi connectivity index (χ0) is 14.8. The third kappa shape index (κ3) is 6.53. The van der Waals surface area contributed by atoms with Crippen LogP contribution in [0.2, 0.25) is 0 Å². The maximum absolute atomic E-state index is 11.6. The van der Waals surface area contributed by atoms with Gasteiger partial charge in [0.15, 0.2) is 0 Å². The fraction of sp³-hybridized carbons (Fsp3) is 0.625. The van der Waals surface area contributed by atoms with E-state index in [4.69, 9.17) is 0 Å². The Morgan fingerprint density at radius 3 is 2.45 bits per heavy atom. The van der Waals surface area contributed by atoms with Crippen LogP contribution in [0.4, 0.5) is 0 Å². The molecule has 1 rings (SSSR count). The summed E-state index contributed by atoms with van der Waals surface area (Å²) in [6.45, 7) is 5.80. The van der Waals surface area contributed by atoms with E-state index in [0.717, 1.165) is 32.4 Å². The molecule has 0 fully saturated rings. The molecule has 0 aromatic heterocycles. The lowest BCUT2D eigenvalue weighted by Crippen LogP contribution is -2.23. The van der Waals surface area contributed by atoms with E-state index in [2.05, 4.69) is 24.4 Å². The molecular formula is C16H27NO2S. The molecule has 20 heavy (non-hydrogen) atoms. The van der Waals surface area contributed by atoms with Crippen molar-refractivity contribution in [2.24, 2.45) is 0 Å². The lowest BCUT2D eigenvalue weighted by molar-refractivity contribution is 0.538. The minimum Gasteiger partial charge on any atom is -0.316 e. The zero-order valence-corrected chi connectivity index (χ0v) is 13.5. The van der Waals surface area contributed by atoms with E-state index in [1.165, 1.54) is 5.56 Å². The van der Waals surface area contributed by atoms with Crippen LogP contribution in [0, 0.1) is 0 Å². The van der Waals surface area contributed by atoms with Crippen molar-refractivity contribution >= 4 is 9.84 Å². The average Bonchev–Trinajstić information content (AvgIpc) is 2.47. The van der Waals surface area contributed by atoms with Crippen LogP contribution in [0.15, 0.2) is 30.3 Å². The van der Waals surface area contributed by atoms with Gasteiger partial charge in [0.2, 0.25) is 0 Å². The number of benzene rings is 1. The molecular weight excluding hydrogens is 270 g/mol. The van der Waals surface area contributed by atoms with Gasteiger partial charge in [0.25, 0.3) is 0 Å². The summed E-state index contributed by atoms with van der Waals surface area (Å²) in [7, 11) is -2.84. The molecule has 0 aliphatic heterocycles. The van der Waals surface area contributed by atoms with Gasteiger partial charge in [0.1, 0.15) is 9.84 Å². The Kier molecular flexibility index (Phi) is 7.85. The van der Waals surface area contributed by atoms with Gasteiger partial charge in [0, 0.05) is 12.3 Å². The first-order chi connectivity index (χ1) is 9.59. The smallest absolute Gasteiger partial charge is 0.150 e. The van der Waals surface area contributed by atoms with E-state index in [9.17, 15) is 8.42 Å². The molecule has 114 valence electrons. The molecule has 0 aliphatic carbocycles. The SMILES string of the molecule is CCCNCC(CCCS(=O)(=O)CC)c1ccccc1. The molecule has 4 heteroatoms. The highest BCUT2D eigenvalue weighted by atomic mass is 32.2. The zero-order valence-electron chi connectivity index (χ0n) is 12.6. The van der Waals surface area contributed by atoms with Crippen molar-refractivity contribution in [1.82, 2.24) is 5.32 Å². The number of nitrogens with one attached hydrogen (secondary N) is 1. The molecule has 1 atom stereocenters. The van der Waals surface area contributed by atoms with Crippen LogP contribution < -0.4 is 5.32 Å². The van der Waals surface area contributed by atoms with Crippen LogP contribution in [-0.4, -0.2) is 33.0 Å². The molecule has 1 aromatic carbocycles. The average molecular weight is 297 g/mol. The van der Waals surface area contributed by atoms with E-state index in [0.29, 0.717) is 11.7 Å². The van der Waals surface area contributed by atoms with E-state index in [-0.39, 0.29) is 5.75 Å². The van der Waals surface area contributed by atoms with E-state index in [1.807, 2.05) is 18.2 Å². The molecule has 0 radical (unpaired) electrons. The second-order valence-electron chi connectivity index (χ2n) is 5.19. The summed E-state index contributed by atoms with van der Waals surface area (Å²) in [5.41, 5.74) is 1.30. The fourth-order valence-corrected chi connectivity index (χ4v) is 3.15. The summed E-state index contributed by atoms with van der Waals surface area (Å²) in [5, 5.41) is 3.45. The second kappa shape index (κ2) is 9.14. The number of sulfone groups is 1. The topological polar surface area (TPSA) is 46.2 Å². The Morgan fingerprint density at radius 2 is 1.85 bits per heavy atom. The third-order valence-corrected chi connectivity index (χ3v) is 5.33. The van der Waals surface area contributed by atoms with Crippen LogP contribution in [0.3, 0.4) is 0 Å². The van der Waals surface area contributed by atoms with Gasteiger partial charge in [0.05, 0.1) is 5.75 Å². The molecule has 3 nitrogen and oxygen atoms in total. The Morgan fingerprint density at radius 1 is 1.15 bits per heavy atom. The maximum atomic E-state index is 11.6. The van der Waals surface area contributed by atoms with Crippen molar-refractivity contribution in [1.29, 1.82) is 0 Å². The Hall–Kier alpha value is -0.870. The van der Waals surface area contributed by atoms with Crippen molar-refractivity contribution in [3.63, 3.8) is 0 Å². The van der Waals surface area contributed by atoms with Gasteiger partial charge in [-0.05, 0) is 37.3 Å². The molecule has 1 unspecified atom stereocenters. The van der Waals surface area contributed by atoms with Gasteiger partial charge in [-0.2, -0.15) is 0 Å². The highest BCUT2D eigenvalue weighted by molar-refractivity contribution is 7.91. The Labute approximate surface area is 123 Å². The first-order valence-corrected chi connectivity index (χ1v) is 9.37. The first kappa shape index (κ1) is 17.2. The van der Waals surface area contributed by atoms with Gasteiger partial charge in [-0.3, -0.25) is 0 Å². The minimum atomic E-state index is -2.84. The summed E-state index contributed by atoms with van der Waals surface area (Å²) >= 11 is 0. The van der Waals surface area contributed by atoms with Crippen LogP contribution in [0.1, 0.15) is 44.6 Å². The van der Waals surface area contributed by atoms with E-state index >= 15 is 0 Å². The number of rotatable bonds is 10.